The van der Waals surface area contributed by atoms with Crippen LogP contribution >= 0.6 is 0 Å². The van der Waals surface area contributed by atoms with Crippen molar-refractivity contribution in [3.05, 3.63) is 35.9 Å². The zero-order chi connectivity index (χ0) is 25.7. The van der Waals surface area contributed by atoms with Gasteiger partial charge in [-0.25, -0.2) is 4.79 Å². The number of aliphatic carboxylic acids is 1. The lowest BCUT2D eigenvalue weighted by atomic mass is 9.98. The van der Waals surface area contributed by atoms with Gasteiger partial charge in [-0.05, 0) is 50.6 Å². The number of benzene rings is 1. The summed E-state index contributed by atoms with van der Waals surface area (Å²) in [5.41, 5.74) is 12.4. The number of carbonyl (C=O) groups excluding carboxylic acids is 3. The highest BCUT2D eigenvalue weighted by molar-refractivity contribution is 5.94. The summed E-state index contributed by atoms with van der Waals surface area (Å²) in [5.74, 6) is -3.06. The fourth-order valence-electron chi connectivity index (χ4n) is 3.34. The van der Waals surface area contributed by atoms with E-state index in [0.29, 0.717) is 32.2 Å². The molecular weight excluding hydrogens is 438 g/mol. The molecule has 0 fully saturated rings. The van der Waals surface area contributed by atoms with Crippen LogP contribution in [0.4, 0.5) is 0 Å². The number of carbonyl (C=O) groups is 4. The first kappa shape index (κ1) is 29.1. The van der Waals surface area contributed by atoms with Crippen LogP contribution in [-0.4, -0.2) is 59.5 Å². The van der Waals surface area contributed by atoms with Crippen molar-refractivity contribution in [2.75, 3.05) is 6.54 Å². The lowest BCUT2D eigenvalue weighted by Gasteiger charge is -2.25. The molecule has 8 N–H and O–H groups in total. The van der Waals surface area contributed by atoms with Crippen molar-refractivity contribution in [1.82, 2.24) is 16.0 Å². The molecule has 0 saturated heterocycles. The van der Waals surface area contributed by atoms with Crippen LogP contribution in [0.15, 0.2) is 30.3 Å². The van der Waals surface area contributed by atoms with Gasteiger partial charge >= 0.3 is 5.97 Å². The second-order valence-electron chi connectivity index (χ2n) is 8.58. The number of unbranched alkanes of at least 4 members (excludes halogenated alkanes) is 1. The van der Waals surface area contributed by atoms with Crippen LogP contribution in [0.2, 0.25) is 0 Å². The number of nitrogens with one attached hydrogen (secondary N) is 3. The van der Waals surface area contributed by atoms with Crippen molar-refractivity contribution in [1.29, 1.82) is 0 Å². The summed E-state index contributed by atoms with van der Waals surface area (Å²) < 4.78 is 0. The van der Waals surface area contributed by atoms with E-state index >= 15 is 0 Å². The minimum atomic E-state index is -1.14. The lowest BCUT2D eigenvalue weighted by Crippen LogP contribution is -2.57. The molecule has 10 heteroatoms. The number of amides is 3. The highest BCUT2D eigenvalue weighted by Gasteiger charge is 2.30. The molecular formula is C24H39N5O5. The van der Waals surface area contributed by atoms with Crippen LogP contribution in [0.3, 0.4) is 0 Å². The Kier molecular flexibility index (Phi) is 12.8. The number of carboxylic acids is 1. The van der Waals surface area contributed by atoms with Gasteiger partial charge in [0.05, 0.1) is 6.04 Å². The Bertz CT molecular complexity index is 804. The van der Waals surface area contributed by atoms with Crippen LogP contribution < -0.4 is 27.4 Å². The standard InChI is InChI=1S/C24H39N5O5/c1-4-15(2)20(24(33)34)29-23(32)19(12-8-9-13-25)28-21(30)16(3)27-22(31)18(26)14-17-10-6-5-7-11-17/h5-7,10-11,15-16,18-20H,4,8-9,12-14,25-26H2,1-3H3,(H,27,31)(H,28,30)(H,29,32)(H,33,34). The minimum Gasteiger partial charge on any atom is -0.480 e. The smallest absolute Gasteiger partial charge is 0.326 e. The summed E-state index contributed by atoms with van der Waals surface area (Å²) in [4.78, 5) is 49.6. The zero-order valence-electron chi connectivity index (χ0n) is 20.3. The van der Waals surface area contributed by atoms with Gasteiger partial charge in [0.25, 0.3) is 0 Å². The van der Waals surface area contributed by atoms with Gasteiger partial charge in [0.2, 0.25) is 17.7 Å². The van der Waals surface area contributed by atoms with Crippen molar-refractivity contribution >= 4 is 23.7 Å². The normalized spacial score (nSPS) is 15.3. The van der Waals surface area contributed by atoms with Crippen LogP contribution in [0.5, 0.6) is 0 Å². The topological polar surface area (TPSA) is 177 Å². The predicted octanol–water partition coefficient (Wildman–Crippen LogP) is 0.290. The van der Waals surface area contributed by atoms with E-state index in [1.165, 1.54) is 6.92 Å². The largest absolute Gasteiger partial charge is 0.480 e. The fourth-order valence-corrected chi connectivity index (χ4v) is 3.34. The molecule has 0 radical (unpaired) electrons. The second-order valence-corrected chi connectivity index (χ2v) is 8.58. The van der Waals surface area contributed by atoms with E-state index < -0.39 is 47.9 Å². The van der Waals surface area contributed by atoms with Crippen molar-refractivity contribution in [3.8, 4) is 0 Å². The molecule has 0 aliphatic carbocycles. The summed E-state index contributed by atoms with van der Waals surface area (Å²) in [7, 11) is 0. The Morgan fingerprint density at radius 1 is 0.941 bits per heavy atom. The summed E-state index contributed by atoms with van der Waals surface area (Å²) in [5, 5.41) is 17.2. The van der Waals surface area contributed by atoms with Crippen LogP contribution in [-0.2, 0) is 25.6 Å². The molecule has 5 atom stereocenters. The molecule has 34 heavy (non-hydrogen) atoms. The Morgan fingerprint density at radius 2 is 1.59 bits per heavy atom. The van der Waals surface area contributed by atoms with Gasteiger partial charge in [-0.2, -0.15) is 0 Å². The van der Waals surface area contributed by atoms with E-state index in [4.69, 9.17) is 11.5 Å². The number of hydrogen-bond acceptors (Lipinski definition) is 6. The fraction of sp³-hybridized carbons (Fsp3) is 0.583. The molecule has 0 saturated carbocycles. The molecule has 1 rings (SSSR count). The highest BCUT2D eigenvalue weighted by Crippen LogP contribution is 2.10. The molecule has 1 aromatic carbocycles. The van der Waals surface area contributed by atoms with Crippen LogP contribution in [0.1, 0.15) is 52.0 Å². The Balaban J connectivity index is 2.77. The van der Waals surface area contributed by atoms with E-state index in [-0.39, 0.29) is 12.3 Å². The maximum atomic E-state index is 12.8. The van der Waals surface area contributed by atoms with Crippen LogP contribution in [0.25, 0.3) is 0 Å². The van der Waals surface area contributed by atoms with E-state index in [1.54, 1.807) is 6.92 Å². The summed E-state index contributed by atoms with van der Waals surface area (Å²) in [6.45, 7) is 5.49. The van der Waals surface area contributed by atoms with E-state index in [0.717, 1.165) is 5.56 Å². The molecule has 3 amide bonds. The van der Waals surface area contributed by atoms with Gasteiger partial charge < -0.3 is 32.5 Å². The number of carboxylic acid groups (broad SMARTS) is 1. The Hall–Kier alpha value is -2.98. The SMILES string of the molecule is CCC(C)C(NC(=O)C(CCCCN)NC(=O)C(C)NC(=O)C(N)Cc1ccccc1)C(=O)O. The van der Waals surface area contributed by atoms with Crippen LogP contribution in [0, 0.1) is 5.92 Å². The van der Waals surface area contributed by atoms with Crippen molar-refractivity contribution in [2.45, 2.75) is 77.0 Å². The average Bonchev–Trinajstić information content (AvgIpc) is 2.81. The van der Waals surface area contributed by atoms with E-state index in [2.05, 4.69) is 16.0 Å². The van der Waals surface area contributed by atoms with Gasteiger partial charge in [-0.1, -0.05) is 50.6 Å². The molecule has 0 spiro atoms. The second kappa shape index (κ2) is 15.0. The molecule has 0 aliphatic rings. The van der Waals surface area contributed by atoms with Gasteiger partial charge in [0.15, 0.2) is 0 Å². The number of rotatable bonds is 15. The predicted molar refractivity (Wildman–Crippen MR) is 130 cm³/mol. The van der Waals surface area contributed by atoms with Gasteiger partial charge in [-0.15, -0.1) is 0 Å². The molecule has 0 aromatic heterocycles. The summed E-state index contributed by atoms with van der Waals surface area (Å²) >= 11 is 0. The first-order valence-corrected chi connectivity index (χ1v) is 11.7. The average molecular weight is 478 g/mol. The summed E-state index contributed by atoms with van der Waals surface area (Å²) in [6.07, 6.45) is 2.38. The van der Waals surface area contributed by atoms with E-state index in [1.807, 2.05) is 37.3 Å². The first-order chi connectivity index (χ1) is 16.1. The third-order valence-electron chi connectivity index (χ3n) is 5.74. The summed E-state index contributed by atoms with van der Waals surface area (Å²) in [6, 6.07) is 5.47. The Labute approximate surface area is 201 Å². The van der Waals surface area contributed by atoms with Crippen molar-refractivity contribution < 1.29 is 24.3 Å². The van der Waals surface area contributed by atoms with Gasteiger partial charge in [0, 0.05) is 0 Å². The van der Waals surface area contributed by atoms with Crippen molar-refractivity contribution in [2.24, 2.45) is 17.4 Å². The minimum absolute atomic E-state index is 0.286. The number of hydrogen-bond donors (Lipinski definition) is 6. The zero-order valence-corrected chi connectivity index (χ0v) is 20.3. The monoisotopic (exact) mass is 477 g/mol. The van der Waals surface area contributed by atoms with Gasteiger partial charge in [0.1, 0.15) is 18.1 Å². The first-order valence-electron chi connectivity index (χ1n) is 11.7. The van der Waals surface area contributed by atoms with Crippen molar-refractivity contribution in [3.63, 3.8) is 0 Å². The highest BCUT2D eigenvalue weighted by atomic mass is 16.4. The molecule has 0 aliphatic heterocycles. The number of nitrogens with two attached hydrogens (primary N) is 2. The molecule has 1 aromatic rings. The molecule has 190 valence electrons. The van der Waals surface area contributed by atoms with E-state index in [9.17, 15) is 24.3 Å². The maximum Gasteiger partial charge on any atom is 0.326 e. The van der Waals surface area contributed by atoms with Gasteiger partial charge in [-0.3, -0.25) is 14.4 Å². The Morgan fingerprint density at radius 3 is 2.15 bits per heavy atom. The maximum absolute atomic E-state index is 12.8. The molecule has 10 nitrogen and oxygen atoms in total. The third kappa shape index (κ3) is 9.88. The quantitative estimate of drug-likeness (QED) is 0.197. The molecule has 0 bridgehead atoms. The lowest BCUT2D eigenvalue weighted by molar-refractivity contribution is -0.143. The molecule has 5 unspecified atom stereocenters. The molecule has 0 heterocycles. The third-order valence-corrected chi connectivity index (χ3v) is 5.74.